The SMILES string of the molecule is CC(=O)C(c1ccccc1Cl)c1ccccc1C=O. The molecule has 0 N–H and O–H groups in total. The van der Waals surface area contributed by atoms with Crippen LogP contribution in [0.2, 0.25) is 5.02 Å². The van der Waals surface area contributed by atoms with Gasteiger partial charge in [-0.05, 0) is 24.1 Å². The predicted molar refractivity (Wildman–Crippen MR) is 75.8 cm³/mol. The monoisotopic (exact) mass is 272 g/mol. The van der Waals surface area contributed by atoms with Crippen LogP contribution in [0.3, 0.4) is 0 Å². The number of hydrogen-bond acceptors (Lipinski definition) is 2. The van der Waals surface area contributed by atoms with E-state index in [1.165, 1.54) is 6.92 Å². The predicted octanol–water partition coefficient (Wildman–Crippen LogP) is 3.87. The maximum Gasteiger partial charge on any atom is 0.150 e. The first-order valence-corrected chi connectivity index (χ1v) is 6.32. The zero-order valence-corrected chi connectivity index (χ0v) is 11.2. The van der Waals surface area contributed by atoms with Gasteiger partial charge in [0, 0.05) is 10.6 Å². The minimum atomic E-state index is -0.505. The smallest absolute Gasteiger partial charge is 0.150 e. The standard InChI is InChI=1S/C16H13ClO2/c1-11(19)16(14-8-4-5-9-15(14)17)13-7-3-2-6-12(13)10-18/h2-10,16H,1H3. The van der Waals surface area contributed by atoms with Crippen LogP contribution < -0.4 is 0 Å². The summed E-state index contributed by atoms with van der Waals surface area (Å²) in [7, 11) is 0. The molecule has 2 nitrogen and oxygen atoms in total. The lowest BCUT2D eigenvalue weighted by molar-refractivity contribution is -0.117. The number of aldehydes is 1. The molecule has 0 aromatic heterocycles. The molecule has 3 heteroatoms. The first-order valence-electron chi connectivity index (χ1n) is 5.94. The van der Waals surface area contributed by atoms with E-state index in [1.807, 2.05) is 24.3 Å². The lowest BCUT2D eigenvalue weighted by Gasteiger charge is -2.17. The van der Waals surface area contributed by atoms with Gasteiger partial charge < -0.3 is 0 Å². The molecule has 0 fully saturated rings. The van der Waals surface area contributed by atoms with E-state index in [-0.39, 0.29) is 5.78 Å². The number of carbonyl (C=O) groups excluding carboxylic acids is 2. The van der Waals surface area contributed by atoms with E-state index in [1.54, 1.807) is 24.3 Å². The first kappa shape index (κ1) is 13.5. The van der Waals surface area contributed by atoms with Crippen LogP contribution in [0, 0.1) is 0 Å². The van der Waals surface area contributed by atoms with Gasteiger partial charge in [-0.25, -0.2) is 0 Å². The lowest BCUT2D eigenvalue weighted by atomic mass is 9.86. The molecular formula is C16H13ClO2. The van der Waals surface area contributed by atoms with Gasteiger partial charge in [0.15, 0.2) is 0 Å². The number of carbonyl (C=O) groups is 2. The second-order valence-corrected chi connectivity index (χ2v) is 4.72. The summed E-state index contributed by atoms with van der Waals surface area (Å²) in [6.45, 7) is 1.51. The zero-order valence-electron chi connectivity index (χ0n) is 10.5. The van der Waals surface area contributed by atoms with Crippen molar-refractivity contribution in [2.75, 3.05) is 0 Å². The Hall–Kier alpha value is -1.93. The molecule has 19 heavy (non-hydrogen) atoms. The quantitative estimate of drug-likeness (QED) is 0.792. The Balaban J connectivity index is 2.62. The molecular weight excluding hydrogens is 260 g/mol. The van der Waals surface area contributed by atoms with Crippen LogP contribution >= 0.6 is 11.6 Å². The van der Waals surface area contributed by atoms with Crippen molar-refractivity contribution in [3.8, 4) is 0 Å². The van der Waals surface area contributed by atoms with Crippen LogP contribution in [0.5, 0.6) is 0 Å². The average Bonchev–Trinajstić information content (AvgIpc) is 2.41. The normalized spacial score (nSPS) is 11.9. The highest BCUT2D eigenvalue weighted by Gasteiger charge is 2.23. The topological polar surface area (TPSA) is 34.1 Å². The van der Waals surface area contributed by atoms with Gasteiger partial charge in [0.1, 0.15) is 12.1 Å². The summed E-state index contributed by atoms with van der Waals surface area (Å²) in [5.74, 6) is -0.544. The molecule has 0 radical (unpaired) electrons. The third-order valence-electron chi connectivity index (χ3n) is 3.06. The second-order valence-electron chi connectivity index (χ2n) is 4.31. The van der Waals surface area contributed by atoms with Crippen molar-refractivity contribution in [2.45, 2.75) is 12.8 Å². The molecule has 2 aromatic carbocycles. The van der Waals surface area contributed by atoms with E-state index in [9.17, 15) is 9.59 Å². The minimum absolute atomic E-state index is 0.0394. The number of benzene rings is 2. The van der Waals surface area contributed by atoms with Crippen molar-refractivity contribution in [2.24, 2.45) is 0 Å². The fourth-order valence-corrected chi connectivity index (χ4v) is 2.44. The van der Waals surface area contributed by atoms with Gasteiger partial charge in [-0.15, -0.1) is 0 Å². The highest BCUT2D eigenvalue weighted by atomic mass is 35.5. The zero-order chi connectivity index (χ0) is 13.8. The summed E-state index contributed by atoms with van der Waals surface area (Å²) in [5, 5.41) is 0.531. The number of rotatable bonds is 4. The fraction of sp³-hybridized carbons (Fsp3) is 0.125. The van der Waals surface area contributed by atoms with Gasteiger partial charge in [0.05, 0.1) is 5.92 Å². The van der Waals surface area contributed by atoms with E-state index >= 15 is 0 Å². The maximum absolute atomic E-state index is 12.0. The molecule has 0 saturated heterocycles. The van der Waals surface area contributed by atoms with Crippen molar-refractivity contribution in [1.82, 2.24) is 0 Å². The Bertz CT molecular complexity index is 620. The highest BCUT2D eigenvalue weighted by molar-refractivity contribution is 6.31. The molecule has 2 rings (SSSR count). The molecule has 0 spiro atoms. The third-order valence-corrected chi connectivity index (χ3v) is 3.40. The Kier molecular flexibility index (Phi) is 4.13. The van der Waals surface area contributed by atoms with Gasteiger partial charge in [-0.3, -0.25) is 9.59 Å². The van der Waals surface area contributed by atoms with Crippen molar-refractivity contribution < 1.29 is 9.59 Å². The molecule has 0 heterocycles. The van der Waals surface area contributed by atoms with Crippen molar-refractivity contribution >= 4 is 23.7 Å². The number of Topliss-reactive ketones (excluding diaryl/α,β-unsaturated/α-hetero) is 1. The molecule has 0 aliphatic carbocycles. The molecule has 2 aromatic rings. The minimum Gasteiger partial charge on any atom is -0.299 e. The van der Waals surface area contributed by atoms with Crippen LogP contribution in [0.4, 0.5) is 0 Å². The van der Waals surface area contributed by atoms with E-state index in [4.69, 9.17) is 11.6 Å². The number of halogens is 1. The molecule has 0 aliphatic rings. The summed E-state index contributed by atoms with van der Waals surface area (Å²) in [4.78, 5) is 23.1. The summed E-state index contributed by atoms with van der Waals surface area (Å²) in [6, 6.07) is 14.3. The highest BCUT2D eigenvalue weighted by Crippen LogP contribution is 2.32. The average molecular weight is 273 g/mol. The van der Waals surface area contributed by atoms with Crippen molar-refractivity contribution in [3.05, 3.63) is 70.2 Å². The van der Waals surface area contributed by atoms with Gasteiger partial charge in [-0.1, -0.05) is 54.1 Å². The maximum atomic E-state index is 12.0. The summed E-state index contributed by atoms with van der Waals surface area (Å²) in [6.07, 6.45) is 0.766. The molecule has 0 amide bonds. The second kappa shape index (κ2) is 5.81. The first-order chi connectivity index (χ1) is 9.15. The van der Waals surface area contributed by atoms with Crippen LogP contribution in [0.1, 0.15) is 34.3 Å². The van der Waals surface area contributed by atoms with Crippen molar-refractivity contribution in [3.63, 3.8) is 0 Å². The van der Waals surface area contributed by atoms with Crippen LogP contribution in [-0.2, 0) is 4.79 Å². The lowest BCUT2D eigenvalue weighted by Crippen LogP contribution is -2.13. The van der Waals surface area contributed by atoms with Crippen LogP contribution in [0.15, 0.2) is 48.5 Å². The Morgan fingerprint density at radius 3 is 2.21 bits per heavy atom. The van der Waals surface area contributed by atoms with E-state index in [0.717, 1.165) is 11.8 Å². The largest absolute Gasteiger partial charge is 0.299 e. The van der Waals surface area contributed by atoms with Gasteiger partial charge in [0.2, 0.25) is 0 Å². The van der Waals surface area contributed by atoms with Crippen molar-refractivity contribution in [1.29, 1.82) is 0 Å². The number of hydrogen-bond donors (Lipinski definition) is 0. The Labute approximate surface area is 117 Å². The summed E-state index contributed by atoms with van der Waals surface area (Å²) >= 11 is 6.17. The molecule has 1 atom stereocenters. The van der Waals surface area contributed by atoms with Crippen LogP contribution in [-0.4, -0.2) is 12.1 Å². The number of ketones is 1. The fourth-order valence-electron chi connectivity index (χ4n) is 2.20. The van der Waals surface area contributed by atoms with Gasteiger partial charge in [-0.2, -0.15) is 0 Å². The molecule has 0 aliphatic heterocycles. The van der Waals surface area contributed by atoms with Crippen LogP contribution in [0.25, 0.3) is 0 Å². The Morgan fingerprint density at radius 2 is 1.63 bits per heavy atom. The van der Waals surface area contributed by atoms with E-state index in [0.29, 0.717) is 16.1 Å². The van der Waals surface area contributed by atoms with Gasteiger partial charge >= 0.3 is 0 Å². The van der Waals surface area contributed by atoms with E-state index < -0.39 is 5.92 Å². The Morgan fingerprint density at radius 1 is 1.05 bits per heavy atom. The molecule has 1 unspecified atom stereocenters. The van der Waals surface area contributed by atoms with E-state index in [2.05, 4.69) is 0 Å². The summed E-state index contributed by atoms with van der Waals surface area (Å²) < 4.78 is 0. The molecule has 0 bridgehead atoms. The van der Waals surface area contributed by atoms with Gasteiger partial charge in [0.25, 0.3) is 0 Å². The third kappa shape index (κ3) is 2.74. The molecule has 96 valence electrons. The molecule has 0 saturated carbocycles. The summed E-state index contributed by atoms with van der Waals surface area (Å²) in [5.41, 5.74) is 1.94.